The van der Waals surface area contributed by atoms with Crippen LogP contribution in [0.2, 0.25) is 0 Å². The van der Waals surface area contributed by atoms with Crippen molar-refractivity contribution in [2.75, 3.05) is 33.9 Å². The van der Waals surface area contributed by atoms with Crippen LogP contribution in [0.15, 0.2) is 24.3 Å². The summed E-state index contributed by atoms with van der Waals surface area (Å²) in [7, 11) is 3.05. The zero-order chi connectivity index (χ0) is 15.5. The third-order valence-electron chi connectivity index (χ3n) is 2.85. The Bertz CT molecular complexity index is 405. The van der Waals surface area contributed by atoms with Gasteiger partial charge < -0.3 is 24.8 Å². The molecule has 0 aliphatic heterocycles. The molecule has 1 aromatic rings. The molecule has 21 heavy (non-hydrogen) atoms. The zero-order valence-electron chi connectivity index (χ0n) is 12.8. The molecule has 0 aromatic heterocycles. The molecule has 0 saturated carbocycles. The van der Waals surface area contributed by atoms with E-state index in [1.807, 2.05) is 31.2 Å². The molecule has 2 N–H and O–H groups in total. The minimum atomic E-state index is -0.430. The van der Waals surface area contributed by atoms with Crippen molar-refractivity contribution >= 4 is 6.03 Å². The number of rotatable bonds is 9. The maximum Gasteiger partial charge on any atom is 0.314 e. The average Bonchev–Trinajstić information content (AvgIpc) is 2.50. The quantitative estimate of drug-likeness (QED) is 0.537. The highest BCUT2D eigenvalue weighted by molar-refractivity contribution is 5.73. The molecular weight excluding hydrogens is 272 g/mol. The Hall–Kier alpha value is -1.79. The Labute approximate surface area is 125 Å². The molecule has 1 aromatic carbocycles. The summed E-state index contributed by atoms with van der Waals surface area (Å²) in [5.74, 6) is 0.841. The fraction of sp³-hybridized carbons (Fsp3) is 0.533. The number of aryl methyl sites for hydroxylation is 1. The first-order valence-electron chi connectivity index (χ1n) is 6.92. The highest BCUT2D eigenvalue weighted by Gasteiger charge is 2.06. The van der Waals surface area contributed by atoms with Crippen molar-refractivity contribution in [3.63, 3.8) is 0 Å². The van der Waals surface area contributed by atoms with Crippen LogP contribution in [0.4, 0.5) is 4.79 Å². The van der Waals surface area contributed by atoms with Gasteiger partial charge in [0.1, 0.15) is 5.75 Å². The van der Waals surface area contributed by atoms with Gasteiger partial charge in [0.15, 0.2) is 6.29 Å². The number of carbonyl (C=O) groups excluding carboxylic acids is 1. The molecule has 6 heteroatoms. The van der Waals surface area contributed by atoms with E-state index in [-0.39, 0.29) is 6.03 Å². The Morgan fingerprint density at radius 2 is 1.81 bits per heavy atom. The summed E-state index contributed by atoms with van der Waals surface area (Å²) in [6.45, 7) is 3.44. The molecule has 0 saturated heterocycles. The summed E-state index contributed by atoms with van der Waals surface area (Å²) in [5.41, 5.74) is 1.20. The van der Waals surface area contributed by atoms with Crippen molar-refractivity contribution in [3.05, 3.63) is 29.8 Å². The monoisotopic (exact) mass is 296 g/mol. The van der Waals surface area contributed by atoms with Crippen molar-refractivity contribution in [1.29, 1.82) is 0 Å². The first kappa shape index (κ1) is 17.3. The number of amides is 2. The van der Waals surface area contributed by atoms with Gasteiger partial charge in [0.2, 0.25) is 0 Å². The van der Waals surface area contributed by atoms with Gasteiger partial charge >= 0.3 is 6.03 Å². The Balaban J connectivity index is 2.05. The van der Waals surface area contributed by atoms with E-state index >= 15 is 0 Å². The molecule has 0 aliphatic rings. The summed E-state index contributed by atoms with van der Waals surface area (Å²) in [6.07, 6.45) is 0.305. The largest absolute Gasteiger partial charge is 0.494 e. The second-order valence-corrected chi connectivity index (χ2v) is 4.55. The molecule has 0 radical (unpaired) electrons. The maximum absolute atomic E-state index is 11.5. The molecule has 0 fully saturated rings. The normalized spacial score (nSPS) is 10.5. The minimum Gasteiger partial charge on any atom is -0.494 e. The van der Waals surface area contributed by atoms with Crippen LogP contribution < -0.4 is 15.4 Å². The lowest BCUT2D eigenvalue weighted by Crippen LogP contribution is -2.41. The van der Waals surface area contributed by atoms with E-state index in [2.05, 4.69) is 10.6 Å². The van der Waals surface area contributed by atoms with Crippen molar-refractivity contribution in [2.45, 2.75) is 19.6 Å². The van der Waals surface area contributed by atoms with E-state index in [4.69, 9.17) is 14.2 Å². The number of ether oxygens (including phenoxy) is 3. The summed E-state index contributed by atoms with van der Waals surface area (Å²) >= 11 is 0. The number of nitrogens with one attached hydrogen (secondary N) is 2. The second-order valence-electron chi connectivity index (χ2n) is 4.55. The van der Waals surface area contributed by atoms with Gasteiger partial charge in [-0.3, -0.25) is 0 Å². The molecular formula is C15H24N2O4. The number of carbonyl (C=O) groups is 1. The van der Waals surface area contributed by atoms with Gasteiger partial charge in [-0.25, -0.2) is 4.79 Å². The lowest BCUT2D eigenvalue weighted by molar-refractivity contribution is -0.0971. The number of hydrogen-bond acceptors (Lipinski definition) is 4. The molecule has 2 amide bonds. The van der Waals surface area contributed by atoms with Gasteiger partial charge in [-0.2, -0.15) is 0 Å². The maximum atomic E-state index is 11.5. The van der Waals surface area contributed by atoms with Crippen LogP contribution in [-0.2, 0) is 9.47 Å². The summed E-state index contributed by atoms with van der Waals surface area (Å²) in [4.78, 5) is 11.5. The van der Waals surface area contributed by atoms with E-state index in [1.54, 1.807) is 0 Å². The average molecular weight is 296 g/mol. The van der Waals surface area contributed by atoms with Crippen molar-refractivity contribution in [1.82, 2.24) is 10.6 Å². The van der Waals surface area contributed by atoms with E-state index in [9.17, 15) is 4.79 Å². The van der Waals surface area contributed by atoms with Crippen LogP contribution >= 0.6 is 0 Å². The highest BCUT2D eigenvalue weighted by atomic mass is 16.7. The van der Waals surface area contributed by atoms with Crippen LogP contribution in [0.3, 0.4) is 0 Å². The molecule has 0 bridgehead atoms. The summed E-state index contributed by atoms with van der Waals surface area (Å²) < 4.78 is 15.5. The third-order valence-corrected chi connectivity index (χ3v) is 2.85. The van der Waals surface area contributed by atoms with Crippen LogP contribution in [-0.4, -0.2) is 46.2 Å². The van der Waals surface area contributed by atoms with Gasteiger partial charge in [-0.15, -0.1) is 0 Å². The second kappa shape index (κ2) is 10.0. The Morgan fingerprint density at radius 3 is 2.43 bits per heavy atom. The number of methoxy groups -OCH3 is 2. The van der Waals surface area contributed by atoms with Crippen LogP contribution in [0.5, 0.6) is 5.75 Å². The topological polar surface area (TPSA) is 68.8 Å². The minimum absolute atomic E-state index is 0.246. The Morgan fingerprint density at radius 1 is 1.14 bits per heavy atom. The zero-order valence-corrected chi connectivity index (χ0v) is 12.8. The molecule has 0 atom stereocenters. The van der Waals surface area contributed by atoms with Crippen molar-refractivity contribution < 1.29 is 19.0 Å². The fourth-order valence-corrected chi connectivity index (χ4v) is 1.60. The van der Waals surface area contributed by atoms with E-state index in [0.29, 0.717) is 19.7 Å². The van der Waals surface area contributed by atoms with Gasteiger partial charge in [0.05, 0.1) is 13.2 Å². The van der Waals surface area contributed by atoms with Crippen molar-refractivity contribution in [3.8, 4) is 5.75 Å². The van der Waals surface area contributed by atoms with Crippen LogP contribution in [0.1, 0.15) is 12.0 Å². The molecule has 1 rings (SSSR count). The summed E-state index contributed by atoms with van der Waals surface area (Å²) in [6, 6.07) is 7.63. The number of urea groups is 1. The van der Waals surface area contributed by atoms with Gasteiger partial charge in [-0.05, 0) is 25.5 Å². The molecule has 6 nitrogen and oxygen atoms in total. The number of benzene rings is 1. The molecule has 0 aliphatic carbocycles. The van der Waals surface area contributed by atoms with E-state index < -0.39 is 6.29 Å². The predicted molar refractivity (Wildman–Crippen MR) is 80.5 cm³/mol. The molecule has 0 spiro atoms. The van der Waals surface area contributed by atoms with E-state index in [1.165, 1.54) is 19.8 Å². The lowest BCUT2D eigenvalue weighted by Gasteiger charge is -2.14. The predicted octanol–water partition coefficient (Wildman–Crippen LogP) is 1.68. The van der Waals surface area contributed by atoms with Crippen molar-refractivity contribution in [2.24, 2.45) is 0 Å². The highest BCUT2D eigenvalue weighted by Crippen LogP contribution is 2.11. The standard InChI is InChI=1S/C15H24N2O4/c1-12-5-7-13(8-6-12)21-10-4-9-16-15(18)17-11-14(19-2)20-3/h5-8,14H,4,9-11H2,1-3H3,(H2,16,17,18). The van der Waals surface area contributed by atoms with Gasteiger partial charge in [-0.1, -0.05) is 17.7 Å². The first-order valence-corrected chi connectivity index (χ1v) is 6.92. The molecule has 0 unspecified atom stereocenters. The Kier molecular flexibility index (Phi) is 8.23. The lowest BCUT2D eigenvalue weighted by atomic mass is 10.2. The fourth-order valence-electron chi connectivity index (χ4n) is 1.60. The van der Waals surface area contributed by atoms with Gasteiger partial charge in [0, 0.05) is 20.8 Å². The summed E-state index contributed by atoms with van der Waals surface area (Å²) in [5, 5.41) is 5.40. The van der Waals surface area contributed by atoms with E-state index in [0.717, 1.165) is 12.2 Å². The molecule has 118 valence electrons. The van der Waals surface area contributed by atoms with Crippen LogP contribution in [0, 0.1) is 6.92 Å². The molecule has 0 heterocycles. The van der Waals surface area contributed by atoms with Crippen LogP contribution in [0.25, 0.3) is 0 Å². The smallest absolute Gasteiger partial charge is 0.314 e. The first-order chi connectivity index (χ1) is 10.2. The van der Waals surface area contributed by atoms with Gasteiger partial charge in [0.25, 0.3) is 0 Å². The third kappa shape index (κ3) is 7.53. The number of hydrogen-bond donors (Lipinski definition) is 2. The SMILES string of the molecule is COC(CNC(=O)NCCCOc1ccc(C)cc1)OC.